The van der Waals surface area contributed by atoms with Crippen molar-refractivity contribution in [1.82, 2.24) is 0 Å². The fraction of sp³-hybridized carbons (Fsp3) is 0.0909. The number of rotatable bonds is 10. The fourth-order valence-corrected chi connectivity index (χ4v) is 3.81. The number of ether oxygens (including phenoxy) is 2. The number of carbonyl (C=O) groups is 2. The smallest absolute Gasteiger partial charge is 0.185 e. The Morgan fingerprint density at radius 1 is 0.553 bits per heavy atom. The third kappa shape index (κ3) is 6.65. The van der Waals surface area contributed by atoms with E-state index in [-0.39, 0.29) is 11.6 Å². The third-order valence-corrected chi connectivity index (χ3v) is 6.16. The van der Waals surface area contributed by atoms with Gasteiger partial charge in [0.15, 0.2) is 11.6 Å². The average Bonchev–Trinajstić information content (AvgIpc) is 2.99. The fourth-order valence-electron chi connectivity index (χ4n) is 3.81. The van der Waals surface area contributed by atoms with Gasteiger partial charge in [0.05, 0.1) is 14.2 Å². The van der Waals surface area contributed by atoms with E-state index in [0.717, 1.165) is 34.0 Å². The molecule has 5 nitrogen and oxygen atoms in total. The summed E-state index contributed by atoms with van der Waals surface area (Å²) in [5.41, 5.74) is 5.13. The number of nitrogens with zero attached hydrogens (tertiary/aromatic N) is 1. The maximum absolute atomic E-state index is 12.4. The quantitative estimate of drug-likeness (QED) is 0.168. The van der Waals surface area contributed by atoms with E-state index < -0.39 is 0 Å². The first-order chi connectivity index (χ1) is 18.5. The summed E-state index contributed by atoms with van der Waals surface area (Å²) in [4.78, 5) is 26.9. The zero-order valence-electron chi connectivity index (χ0n) is 21.6. The van der Waals surface area contributed by atoms with Crippen LogP contribution in [-0.2, 0) is 0 Å². The van der Waals surface area contributed by atoms with Crippen molar-refractivity contribution in [3.63, 3.8) is 0 Å². The second-order valence-electron chi connectivity index (χ2n) is 8.59. The summed E-state index contributed by atoms with van der Waals surface area (Å²) in [6, 6.07) is 30.1. The molecular weight excluding hydrogens is 474 g/mol. The molecule has 0 aliphatic carbocycles. The molecule has 0 saturated heterocycles. The highest BCUT2D eigenvalue weighted by Gasteiger charge is 2.06. The molecule has 5 heteroatoms. The van der Waals surface area contributed by atoms with Crippen LogP contribution >= 0.6 is 0 Å². The van der Waals surface area contributed by atoms with Gasteiger partial charge in [-0.1, -0.05) is 36.4 Å². The van der Waals surface area contributed by atoms with Crippen LogP contribution in [0.1, 0.15) is 31.8 Å². The van der Waals surface area contributed by atoms with Gasteiger partial charge in [-0.25, -0.2) is 0 Å². The second-order valence-corrected chi connectivity index (χ2v) is 8.59. The molecule has 0 amide bonds. The lowest BCUT2D eigenvalue weighted by Crippen LogP contribution is -2.09. The summed E-state index contributed by atoms with van der Waals surface area (Å²) in [5.74, 6) is 1.31. The van der Waals surface area contributed by atoms with Gasteiger partial charge < -0.3 is 14.4 Å². The van der Waals surface area contributed by atoms with Crippen LogP contribution in [0.2, 0.25) is 0 Å². The molecular formula is C33H29NO4. The van der Waals surface area contributed by atoms with Gasteiger partial charge in [0, 0.05) is 29.5 Å². The molecule has 0 fully saturated rings. The Labute approximate surface area is 223 Å². The largest absolute Gasteiger partial charge is 0.497 e. The topological polar surface area (TPSA) is 55.8 Å². The van der Waals surface area contributed by atoms with Gasteiger partial charge in [-0.3, -0.25) is 9.59 Å². The Hall–Kier alpha value is -4.90. The van der Waals surface area contributed by atoms with Gasteiger partial charge in [-0.15, -0.1) is 0 Å². The van der Waals surface area contributed by atoms with Crippen LogP contribution in [0, 0.1) is 0 Å². The van der Waals surface area contributed by atoms with Crippen molar-refractivity contribution in [3.8, 4) is 11.5 Å². The van der Waals surface area contributed by atoms with Crippen molar-refractivity contribution < 1.29 is 19.1 Å². The Kier molecular flexibility index (Phi) is 8.52. The van der Waals surface area contributed by atoms with Crippen molar-refractivity contribution in [2.24, 2.45) is 0 Å². The summed E-state index contributed by atoms with van der Waals surface area (Å²) in [7, 11) is 5.19. The maximum atomic E-state index is 12.4. The van der Waals surface area contributed by atoms with Crippen LogP contribution in [-0.4, -0.2) is 32.8 Å². The van der Waals surface area contributed by atoms with E-state index in [1.54, 1.807) is 74.9 Å². The number of hydrogen-bond acceptors (Lipinski definition) is 5. The number of hydrogen-bond donors (Lipinski definition) is 0. The monoisotopic (exact) mass is 503 g/mol. The van der Waals surface area contributed by atoms with E-state index >= 15 is 0 Å². The molecule has 0 spiro atoms. The molecule has 0 aromatic heterocycles. The van der Waals surface area contributed by atoms with E-state index in [2.05, 4.69) is 4.90 Å². The van der Waals surface area contributed by atoms with Crippen LogP contribution in [0.25, 0.3) is 12.2 Å². The number of carbonyl (C=O) groups excluding carboxylic acids is 2. The molecule has 0 aliphatic rings. The molecule has 190 valence electrons. The van der Waals surface area contributed by atoms with E-state index in [9.17, 15) is 9.59 Å². The molecule has 0 atom stereocenters. The molecule has 0 N–H and O–H groups in total. The number of ketones is 2. The molecule has 38 heavy (non-hydrogen) atoms. The van der Waals surface area contributed by atoms with Crippen LogP contribution in [0.3, 0.4) is 0 Å². The van der Waals surface area contributed by atoms with Gasteiger partial charge in [-0.05, 0) is 96.1 Å². The highest BCUT2D eigenvalue weighted by atomic mass is 16.5. The molecule has 0 heterocycles. The Morgan fingerprint density at radius 3 is 1.21 bits per heavy atom. The van der Waals surface area contributed by atoms with Gasteiger partial charge in [-0.2, -0.15) is 0 Å². The van der Waals surface area contributed by atoms with Gasteiger partial charge >= 0.3 is 0 Å². The van der Waals surface area contributed by atoms with E-state index in [1.807, 2.05) is 67.7 Å². The Bertz CT molecular complexity index is 1320. The number of benzene rings is 4. The van der Waals surface area contributed by atoms with Crippen molar-refractivity contribution in [2.45, 2.75) is 0 Å². The van der Waals surface area contributed by atoms with Gasteiger partial charge in [0.25, 0.3) is 0 Å². The third-order valence-electron chi connectivity index (χ3n) is 6.16. The molecule has 0 unspecified atom stereocenters. The minimum atomic E-state index is -0.0614. The van der Waals surface area contributed by atoms with E-state index in [1.165, 1.54) is 0 Å². The lowest BCUT2D eigenvalue weighted by atomic mass is 10.1. The SMILES string of the molecule is COc1ccc(C(=O)C=Cc2ccc(N(C)c3ccc(C=CC(=O)c4ccc(OC)cc4)cc3)cc2)cc1. The zero-order valence-corrected chi connectivity index (χ0v) is 21.6. The average molecular weight is 504 g/mol. The number of methoxy groups -OCH3 is 2. The molecule has 0 bridgehead atoms. The maximum Gasteiger partial charge on any atom is 0.185 e. The minimum absolute atomic E-state index is 0.0614. The Balaban J connectivity index is 1.36. The lowest BCUT2D eigenvalue weighted by molar-refractivity contribution is 0.103. The first-order valence-corrected chi connectivity index (χ1v) is 12.1. The standard InChI is InChI=1S/C33H29NO4/c1-34(28-14-4-24(5-15-28)8-22-32(35)26-10-18-30(37-2)19-11-26)29-16-6-25(7-17-29)9-23-33(36)27-12-20-31(38-3)21-13-27/h4-23H,1-3H3. The zero-order chi connectivity index (χ0) is 26.9. The highest BCUT2D eigenvalue weighted by Crippen LogP contribution is 2.25. The molecule has 4 aromatic rings. The predicted molar refractivity (Wildman–Crippen MR) is 154 cm³/mol. The van der Waals surface area contributed by atoms with Crippen LogP contribution in [0.4, 0.5) is 11.4 Å². The number of allylic oxidation sites excluding steroid dienone is 2. The van der Waals surface area contributed by atoms with Crippen molar-refractivity contribution in [1.29, 1.82) is 0 Å². The van der Waals surface area contributed by atoms with Crippen molar-refractivity contribution in [2.75, 3.05) is 26.2 Å². The number of anilines is 2. The second kappa shape index (κ2) is 12.4. The van der Waals surface area contributed by atoms with Crippen molar-refractivity contribution >= 4 is 35.1 Å². The highest BCUT2D eigenvalue weighted by molar-refractivity contribution is 6.07. The predicted octanol–water partition coefficient (Wildman–Crippen LogP) is 7.26. The summed E-state index contributed by atoms with van der Waals surface area (Å²) in [6.07, 6.45) is 6.77. The van der Waals surface area contributed by atoms with E-state index in [0.29, 0.717) is 11.1 Å². The normalized spacial score (nSPS) is 11.0. The van der Waals surface area contributed by atoms with E-state index in [4.69, 9.17) is 9.47 Å². The summed E-state index contributed by atoms with van der Waals surface area (Å²) < 4.78 is 10.3. The van der Waals surface area contributed by atoms with Crippen LogP contribution in [0.15, 0.2) is 109 Å². The summed E-state index contributed by atoms with van der Waals surface area (Å²) >= 11 is 0. The van der Waals surface area contributed by atoms with Crippen molar-refractivity contribution in [3.05, 3.63) is 131 Å². The summed E-state index contributed by atoms with van der Waals surface area (Å²) in [6.45, 7) is 0. The molecule has 4 aromatic carbocycles. The van der Waals surface area contributed by atoms with Crippen LogP contribution < -0.4 is 14.4 Å². The van der Waals surface area contributed by atoms with Gasteiger partial charge in [0.2, 0.25) is 0 Å². The molecule has 0 saturated carbocycles. The molecule has 0 radical (unpaired) electrons. The van der Waals surface area contributed by atoms with Gasteiger partial charge in [0.1, 0.15) is 11.5 Å². The van der Waals surface area contributed by atoms with Crippen LogP contribution in [0.5, 0.6) is 11.5 Å². The first kappa shape index (κ1) is 26.2. The lowest BCUT2D eigenvalue weighted by Gasteiger charge is -2.19. The first-order valence-electron chi connectivity index (χ1n) is 12.1. The molecule has 4 rings (SSSR count). The minimum Gasteiger partial charge on any atom is -0.497 e. The Morgan fingerprint density at radius 2 is 0.895 bits per heavy atom. The summed E-state index contributed by atoms with van der Waals surface area (Å²) in [5, 5.41) is 0. The molecule has 0 aliphatic heterocycles.